The minimum atomic E-state index is -1.08. The molecule has 1 amide bonds. The average molecular weight is 279 g/mol. The van der Waals surface area contributed by atoms with Crippen molar-refractivity contribution in [2.45, 2.75) is 6.04 Å². The van der Waals surface area contributed by atoms with Crippen molar-refractivity contribution in [3.8, 4) is 6.07 Å². The minimum absolute atomic E-state index is 0.126. The van der Waals surface area contributed by atoms with Crippen molar-refractivity contribution in [1.82, 2.24) is 0 Å². The van der Waals surface area contributed by atoms with E-state index in [1.807, 2.05) is 6.07 Å². The molecule has 0 heterocycles. The molecule has 0 unspecified atom stereocenters. The van der Waals surface area contributed by atoms with E-state index in [1.54, 1.807) is 24.3 Å². The summed E-state index contributed by atoms with van der Waals surface area (Å²) in [6.07, 6.45) is 0. The lowest BCUT2D eigenvalue weighted by atomic mass is 10.2. The van der Waals surface area contributed by atoms with Crippen molar-refractivity contribution in [2.75, 3.05) is 16.8 Å². The summed E-state index contributed by atoms with van der Waals surface area (Å²) in [5, 5.41) is 19.8. The summed E-state index contributed by atoms with van der Waals surface area (Å²) in [7, 11) is 0. The Hall–Kier alpha value is -2.04. The van der Waals surface area contributed by atoms with Crippen molar-refractivity contribution in [3.05, 3.63) is 29.8 Å². The van der Waals surface area contributed by atoms with E-state index < -0.39 is 12.0 Å². The van der Waals surface area contributed by atoms with E-state index in [0.29, 0.717) is 11.3 Å². The molecular formula is C12H13N3O3S. The van der Waals surface area contributed by atoms with E-state index >= 15 is 0 Å². The highest BCUT2D eigenvalue weighted by Crippen LogP contribution is 2.10. The fraction of sp³-hybridized carbons (Fsp3) is 0.250. The maximum atomic E-state index is 11.5. The number of hydrogen-bond donors (Lipinski definition) is 3. The first-order valence-corrected chi connectivity index (χ1v) is 6.54. The summed E-state index contributed by atoms with van der Waals surface area (Å²) in [4.78, 5) is 22.0. The van der Waals surface area contributed by atoms with Gasteiger partial charge in [0.1, 0.15) is 6.04 Å². The molecule has 0 aliphatic carbocycles. The second-order valence-electron chi connectivity index (χ2n) is 3.70. The molecule has 6 nitrogen and oxygen atoms in total. The van der Waals surface area contributed by atoms with E-state index in [1.165, 1.54) is 0 Å². The molecule has 0 aliphatic rings. The van der Waals surface area contributed by atoms with Crippen LogP contribution in [-0.4, -0.2) is 34.5 Å². The molecule has 19 heavy (non-hydrogen) atoms. The van der Waals surface area contributed by atoms with Gasteiger partial charge in [-0.2, -0.15) is 5.26 Å². The number of carbonyl (C=O) groups is 2. The lowest BCUT2D eigenvalue weighted by molar-refractivity contribution is -0.137. The fourth-order valence-corrected chi connectivity index (χ4v) is 1.95. The van der Waals surface area contributed by atoms with Gasteiger partial charge in [-0.25, -0.2) is 0 Å². The molecule has 0 saturated heterocycles. The SMILES string of the molecule is N#Cc1ccc(NC(=O)CSC[C@@H](N)C(=O)O)cc1. The van der Waals surface area contributed by atoms with E-state index in [9.17, 15) is 9.59 Å². The Balaban J connectivity index is 2.35. The molecular weight excluding hydrogens is 266 g/mol. The first-order chi connectivity index (χ1) is 9.02. The number of nitrogens with one attached hydrogen (secondary N) is 1. The van der Waals surface area contributed by atoms with E-state index in [0.717, 1.165) is 11.8 Å². The highest BCUT2D eigenvalue weighted by molar-refractivity contribution is 8.00. The summed E-state index contributed by atoms with van der Waals surface area (Å²) in [6, 6.07) is 7.47. The largest absolute Gasteiger partial charge is 0.480 e. The summed E-state index contributed by atoms with van der Waals surface area (Å²) in [5.74, 6) is -1.02. The third kappa shape index (κ3) is 5.42. The predicted molar refractivity (Wildman–Crippen MR) is 72.7 cm³/mol. The van der Waals surface area contributed by atoms with Crippen LogP contribution in [0.15, 0.2) is 24.3 Å². The van der Waals surface area contributed by atoms with Crippen LogP contribution in [-0.2, 0) is 9.59 Å². The highest BCUT2D eigenvalue weighted by atomic mass is 32.2. The first kappa shape index (κ1) is 15.0. The molecule has 0 fully saturated rings. The number of hydrogen-bond acceptors (Lipinski definition) is 5. The number of anilines is 1. The average Bonchev–Trinajstić information content (AvgIpc) is 2.39. The van der Waals surface area contributed by atoms with Crippen LogP contribution in [0, 0.1) is 11.3 Å². The molecule has 1 atom stereocenters. The van der Waals surface area contributed by atoms with Crippen molar-refractivity contribution in [3.63, 3.8) is 0 Å². The van der Waals surface area contributed by atoms with E-state index in [-0.39, 0.29) is 17.4 Å². The first-order valence-electron chi connectivity index (χ1n) is 5.39. The number of nitriles is 1. The summed E-state index contributed by atoms with van der Waals surface area (Å²) < 4.78 is 0. The standard InChI is InChI=1S/C12H13N3O3S/c13-5-8-1-3-9(4-2-8)15-11(16)7-19-6-10(14)12(17)18/h1-4,10H,6-7,14H2,(H,15,16)(H,17,18)/t10-/m1/s1. The zero-order valence-corrected chi connectivity index (χ0v) is 10.8. The van der Waals surface area contributed by atoms with Gasteiger partial charge in [-0.05, 0) is 24.3 Å². The molecule has 1 aromatic carbocycles. The molecule has 0 saturated carbocycles. The summed E-state index contributed by atoms with van der Waals surface area (Å²) in [6.45, 7) is 0. The van der Waals surface area contributed by atoms with Crippen LogP contribution in [0.5, 0.6) is 0 Å². The van der Waals surface area contributed by atoms with Gasteiger partial charge < -0.3 is 16.2 Å². The van der Waals surface area contributed by atoms with Gasteiger partial charge in [0, 0.05) is 11.4 Å². The highest BCUT2D eigenvalue weighted by Gasteiger charge is 2.12. The van der Waals surface area contributed by atoms with Crippen LogP contribution in [0.25, 0.3) is 0 Å². The number of rotatable bonds is 6. The van der Waals surface area contributed by atoms with Gasteiger partial charge in [0.15, 0.2) is 0 Å². The molecule has 1 aromatic rings. The van der Waals surface area contributed by atoms with Crippen molar-refractivity contribution in [2.24, 2.45) is 5.73 Å². The van der Waals surface area contributed by atoms with Gasteiger partial charge in [0.05, 0.1) is 17.4 Å². The molecule has 0 aliphatic heterocycles. The Morgan fingerprint density at radius 1 is 1.42 bits per heavy atom. The quantitative estimate of drug-likeness (QED) is 0.703. The summed E-state index contributed by atoms with van der Waals surface area (Å²) in [5.41, 5.74) is 6.41. The van der Waals surface area contributed by atoms with Crippen molar-refractivity contribution in [1.29, 1.82) is 5.26 Å². The van der Waals surface area contributed by atoms with Gasteiger partial charge >= 0.3 is 5.97 Å². The second kappa shape index (κ2) is 7.41. The zero-order valence-electron chi connectivity index (χ0n) is 10.00. The molecule has 0 aromatic heterocycles. The molecule has 1 rings (SSSR count). The Bertz CT molecular complexity index is 496. The third-order valence-electron chi connectivity index (χ3n) is 2.15. The normalized spacial score (nSPS) is 11.4. The number of benzene rings is 1. The number of aliphatic carboxylic acids is 1. The fourth-order valence-electron chi connectivity index (χ4n) is 1.18. The van der Waals surface area contributed by atoms with E-state index in [2.05, 4.69) is 5.32 Å². The molecule has 0 radical (unpaired) electrons. The van der Waals surface area contributed by atoms with Gasteiger partial charge in [0.25, 0.3) is 0 Å². The van der Waals surface area contributed by atoms with Crippen LogP contribution in [0.3, 0.4) is 0 Å². The Morgan fingerprint density at radius 3 is 2.58 bits per heavy atom. The second-order valence-corrected chi connectivity index (χ2v) is 4.73. The van der Waals surface area contributed by atoms with Crippen molar-refractivity contribution < 1.29 is 14.7 Å². The molecule has 100 valence electrons. The number of thioether (sulfide) groups is 1. The van der Waals surface area contributed by atoms with Gasteiger partial charge in [-0.1, -0.05) is 0 Å². The number of nitrogens with two attached hydrogens (primary N) is 1. The number of carbonyl (C=O) groups excluding carboxylic acids is 1. The smallest absolute Gasteiger partial charge is 0.321 e. The molecule has 0 spiro atoms. The monoisotopic (exact) mass is 279 g/mol. The molecule has 0 bridgehead atoms. The zero-order chi connectivity index (χ0) is 14.3. The number of carboxylic acid groups (broad SMARTS) is 1. The van der Waals surface area contributed by atoms with Crippen LogP contribution in [0.4, 0.5) is 5.69 Å². The number of nitrogens with zero attached hydrogens (tertiary/aromatic N) is 1. The maximum Gasteiger partial charge on any atom is 0.321 e. The van der Waals surface area contributed by atoms with Crippen molar-refractivity contribution >= 4 is 29.3 Å². The Morgan fingerprint density at radius 2 is 2.05 bits per heavy atom. The van der Waals surface area contributed by atoms with Crippen LogP contribution >= 0.6 is 11.8 Å². The molecule has 7 heteroatoms. The van der Waals surface area contributed by atoms with Gasteiger partial charge in [-0.3, -0.25) is 9.59 Å². The maximum absolute atomic E-state index is 11.5. The minimum Gasteiger partial charge on any atom is -0.480 e. The summed E-state index contributed by atoms with van der Waals surface area (Å²) >= 11 is 1.15. The lowest BCUT2D eigenvalue weighted by Gasteiger charge is -2.07. The number of carboxylic acids is 1. The van der Waals surface area contributed by atoms with E-state index in [4.69, 9.17) is 16.1 Å². The Kier molecular flexibility index (Phi) is 5.85. The predicted octanol–water partition coefficient (Wildman–Crippen LogP) is 0.642. The van der Waals surface area contributed by atoms with Crippen LogP contribution in [0.1, 0.15) is 5.56 Å². The lowest BCUT2D eigenvalue weighted by Crippen LogP contribution is -2.33. The number of amides is 1. The Labute approximate surface area is 114 Å². The van der Waals surface area contributed by atoms with Crippen LogP contribution < -0.4 is 11.1 Å². The van der Waals surface area contributed by atoms with Crippen LogP contribution in [0.2, 0.25) is 0 Å². The van der Waals surface area contributed by atoms with Gasteiger partial charge in [-0.15, -0.1) is 11.8 Å². The topological polar surface area (TPSA) is 116 Å². The van der Waals surface area contributed by atoms with Gasteiger partial charge in [0.2, 0.25) is 5.91 Å². The molecule has 4 N–H and O–H groups in total. The third-order valence-corrected chi connectivity index (χ3v) is 3.21.